The van der Waals surface area contributed by atoms with E-state index in [4.69, 9.17) is 16.3 Å². The molecule has 0 aliphatic rings. The van der Waals surface area contributed by atoms with Crippen LogP contribution >= 0.6 is 11.6 Å². The van der Waals surface area contributed by atoms with Gasteiger partial charge >= 0.3 is 11.9 Å². The number of rotatable bonds is 4. The van der Waals surface area contributed by atoms with Gasteiger partial charge in [0.2, 0.25) is 0 Å². The van der Waals surface area contributed by atoms with Crippen LogP contribution in [0.3, 0.4) is 0 Å². The summed E-state index contributed by atoms with van der Waals surface area (Å²) in [5.74, 6) is -2.42. The molecule has 0 amide bonds. The summed E-state index contributed by atoms with van der Waals surface area (Å²) in [5, 5.41) is -0.364. The van der Waals surface area contributed by atoms with Crippen molar-refractivity contribution in [2.75, 3.05) is 12.2 Å². The molecule has 13 heteroatoms. The topological polar surface area (TPSA) is 87.4 Å². The van der Waals surface area contributed by atoms with E-state index in [-0.39, 0.29) is 26.0 Å². The molecular weight excluding hydrogens is 420 g/mol. The van der Waals surface area contributed by atoms with Gasteiger partial charge in [0.15, 0.2) is 15.8 Å². The monoisotopic (exact) mass is 430 g/mol. The lowest BCUT2D eigenvalue weighted by Gasteiger charge is -2.15. The maximum absolute atomic E-state index is 14.2. The molecule has 2 rings (SSSR count). The van der Waals surface area contributed by atoms with Gasteiger partial charge in [-0.05, 0) is 6.07 Å². The number of nitrogens with zero attached hydrogens (tertiary/aromatic N) is 2. The number of ether oxygens (including phenoxy) is 1. The van der Waals surface area contributed by atoms with Crippen molar-refractivity contribution in [3.63, 3.8) is 0 Å². The Morgan fingerprint density at radius 2 is 1.78 bits per heavy atom. The predicted molar refractivity (Wildman–Crippen MR) is 87.6 cm³/mol. The Balaban J connectivity index is 2.71. The van der Waals surface area contributed by atoms with Crippen LogP contribution in [-0.4, -0.2) is 29.7 Å². The lowest BCUT2D eigenvalue weighted by Crippen LogP contribution is -2.41. The quantitative estimate of drug-likeness (QED) is 0.689. The second kappa shape index (κ2) is 7.00. The molecule has 1 aromatic carbocycles. The van der Waals surface area contributed by atoms with Crippen LogP contribution in [0, 0.1) is 5.82 Å². The normalized spacial score (nSPS) is 12.3. The van der Waals surface area contributed by atoms with E-state index in [9.17, 15) is 35.6 Å². The van der Waals surface area contributed by atoms with Gasteiger partial charge in [-0.25, -0.2) is 22.2 Å². The molecule has 0 saturated carbocycles. The van der Waals surface area contributed by atoms with Crippen LogP contribution in [0.25, 0.3) is 5.69 Å². The fourth-order valence-corrected chi connectivity index (χ4v) is 2.64. The summed E-state index contributed by atoms with van der Waals surface area (Å²) in [6.45, 7) is 0. The minimum absolute atomic E-state index is 0.131. The van der Waals surface area contributed by atoms with Gasteiger partial charge in [-0.15, -0.1) is 0 Å². The van der Waals surface area contributed by atoms with E-state index >= 15 is 0 Å². The van der Waals surface area contributed by atoms with E-state index < -0.39 is 50.4 Å². The molecule has 0 bridgehead atoms. The van der Waals surface area contributed by atoms with Crippen LogP contribution in [0.15, 0.2) is 27.8 Å². The first kappa shape index (κ1) is 21.0. The fourth-order valence-electron chi connectivity index (χ4n) is 2.09. The molecule has 0 fully saturated rings. The van der Waals surface area contributed by atoms with E-state index in [1.807, 2.05) is 0 Å². The first-order valence-electron chi connectivity index (χ1n) is 6.92. The largest absolute Gasteiger partial charge is 0.476 e. The van der Waals surface area contributed by atoms with Gasteiger partial charge in [-0.1, -0.05) is 11.6 Å². The number of hydrogen-bond donors (Lipinski definition) is 0. The average molecular weight is 431 g/mol. The highest BCUT2D eigenvalue weighted by Gasteiger charge is 2.35. The number of sulfone groups is 1. The van der Waals surface area contributed by atoms with E-state index in [0.717, 1.165) is 19.4 Å². The van der Waals surface area contributed by atoms with E-state index in [1.54, 1.807) is 0 Å². The van der Waals surface area contributed by atoms with Crippen LogP contribution in [0.4, 0.5) is 17.6 Å². The Morgan fingerprint density at radius 1 is 1.19 bits per heavy atom. The van der Waals surface area contributed by atoms with Crippen LogP contribution in [-0.2, 0) is 23.1 Å². The Hall–Kier alpha value is -2.34. The van der Waals surface area contributed by atoms with Crippen molar-refractivity contribution in [3.8, 4) is 11.4 Å². The zero-order valence-electron chi connectivity index (χ0n) is 13.7. The Kier molecular flexibility index (Phi) is 5.44. The lowest BCUT2D eigenvalue weighted by molar-refractivity contribution is -0.144. The fraction of sp³-hybridized carbons (Fsp3) is 0.286. The number of halogens is 5. The highest BCUT2D eigenvalue weighted by Crippen LogP contribution is 2.30. The third-order valence-corrected chi connectivity index (χ3v) is 4.12. The van der Waals surface area contributed by atoms with E-state index in [0.29, 0.717) is 6.07 Å². The Bertz CT molecular complexity index is 1120. The minimum atomic E-state index is -4.98. The SMILES string of the molecule is Cn1c(C(F)(F)F)cc(=O)n(-c2cc(OCS(C)(=O)=O)c(Cl)cc2F)c1=O. The lowest BCUT2D eigenvalue weighted by atomic mass is 10.2. The van der Waals surface area contributed by atoms with Gasteiger partial charge < -0.3 is 4.74 Å². The molecular formula is C14H11ClF4N2O5S. The molecule has 0 N–H and O–H groups in total. The molecule has 0 aliphatic carbocycles. The molecule has 0 atom stereocenters. The van der Waals surface area contributed by atoms with Crippen LogP contribution in [0.1, 0.15) is 5.69 Å². The van der Waals surface area contributed by atoms with Gasteiger partial charge in [-0.3, -0.25) is 9.36 Å². The van der Waals surface area contributed by atoms with Crippen molar-refractivity contribution < 1.29 is 30.7 Å². The van der Waals surface area contributed by atoms with Crippen molar-refractivity contribution >= 4 is 21.4 Å². The second-order valence-corrected chi connectivity index (χ2v) is 7.96. The van der Waals surface area contributed by atoms with E-state index in [2.05, 4.69) is 0 Å². The van der Waals surface area contributed by atoms with Gasteiger partial charge in [0.1, 0.15) is 17.3 Å². The molecule has 2 aromatic rings. The standard InChI is InChI=1S/C14H11ClF4N2O5S/c1-20-11(14(17,18)19)5-12(22)21(13(20)23)9-4-10(7(15)3-8(9)16)26-6-27(2,24)25/h3-5H,6H2,1-2H3. The molecule has 7 nitrogen and oxygen atoms in total. The van der Waals surface area contributed by atoms with Crippen LogP contribution in [0.2, 0.25) is 5.02 Å². The summed E-state index contributed by atoms with van der Waals surface area (Å²) < 4.78 is 80.4. The van der Waals surface area contributed by atoms with Gasteiger partial charge in [0, 0.05) is 25.4 Å². The molecule has 148 valence electrons. The number of benzene rings is 1. The van der Waals surface area contributed by atoms with Crippen molar-refractivity contribution in [1.29, 1.82) is 0 Å². The van der Waals surface area contributed by atoms with Crippen molar-refractivity contribution in [1.82, 2.24) is 9.13 Å². The molecule has 0 unspecified atom stereocenters. The molecule has 0 saturated heterocycles. The molecule has 0 spiro atoms. The highest BCUT2D eigenvalue weighted by molar-refractivity contribution is 7.90. The van der Waals surface area contributed by atoms with Gasteiger partial charge in [-0.2, -0.15) is 13.2 Å². The summed E-state index contributed by atoms with van der Waals surface area (Å²) in [5.41, 5.74) is -5.18. The third-order valence-electron chi connectivity index (χ3n) is 3.28. The molecule has 1 heterocycles. The zero-order valence-corrected chi connectivity index (χ0v) is 15.2. The summed E-state index contributed by atoms with van der Waals surface area (Å²) in [7, 11) is -2.85. The number of aromatic nitrogens is 2. The number of hydrogen-bond acceptors (Lipinski definition) is 5. The second-order valence-electron chi connectivity index (χ2n) is 5.46. The zero-order chi connectivity index (χ0) is 20.7. The van der Waals surface area contributed by atoms with E-state index in [1.165, 1.54) is 0 Å². The minimum Gasteiger partial charge on any atom is -0.476 e. The summed E-state index contributed by atoms with van der Waals surface area (Å²) in [4.78, 5) is 24.3. The molecule has 0 aliphatic heterocycles. The highest BCUT2D eigenvalue weighted by atomic mass is 35.5. The first-order valence-corrected chi connectivity index (χ1v) is 9.36. The molecule has 1 aromatic heterocycles. The number of alkyl halides is 3. The average Bonchev–Trinajstić information content (AvgIpc) is 2.49. The van der Waals surface area contributed by atoms with Crippen molar-refractivity contribution in [2.24, 2.45) is 7.05 Å². The summed E-state index contributed by atoms with van der Waals surface area (Å²) in [6, 6.07) is 1.52. The van der Waals surface area contributed by atoms with Crippen LogP contribution in [0.5, 0.6) is 5.75 Å². The maximum atomic E-state index is 14.2. The van der Waals surface area contributed by atoms with Crippen LogP contribution < -0.4 is 16.0 Å². The predicted octanol–water partition coefficient (Wildman–Crippen LogP) is 1.73. The summed E-state index contributed by atoms with van der Waals surface area (Å²) in [6.07, 6.45) is -4.13. The Labute approximate surface area is 154 Å². The van der Waals surface area contributed by atoms with Gasteiger partial charge in [0.25, 0.3) is 5.56 Å². The molecule has 27 heavy (non-hydrogen) atoms. The van der Waals surface area contributed by atoms with Crippen molar-refractivity contribution in [2.45, 2.75) is 6.18 Å². The first-order chi connectivity index (χ1) is 12.2. The molecule has 0 radical (unpaired) electrons. The summed E-state index contributed by atoms with van der Waals surface area (Å²) >= 11 is 5.73. The van der Waals surface area contributed by atoms with Crippen molar-refractivity contribution in [3.05, 3.63) is 55.6 Å². The maximum Gasteiger partial charge on any atom is 0.431 e. The van der Waals surface area contributed by atoms with Gasteiger partial charge in [0.05, 0.1) is 10.7 Å². The third kappa shape index (κ3) is 4.50. The Morgan fingerprint density at radius 3 is 2.30 bits per heavy atom. The smallest absolute Gasteiger partial charge is 0.431 e.